The second kappa shape index (κ2) is 11.3. The van der Waals surface area contributed by atoms with E-state index in [2.05, 4.69) is 17.4 Å². The SMILES string of the molecule is O=C(Nc1cccc(C(=O)N2CCCCCC2)c1)c1cccc(OCCc2ccccc2)c1. The van der Waals surface area contributed by atoms with E-state index in [1.54, 1.807) is 24.3 Å². The third-order valence-electron chi connectivity index (χ3n) is 5.86. The lowest BCUT2D eigenvalue weighted by atomic mass is 10.1. The predicted octanol–water partition coefficient (Wildman–Crippen LogP) is 5.58. The van der Waals surface area contributed by atoms with Crippen LogP contribution in [0.2, 0.25) is 0 Å². The number of anilines is 1. The number of benzene rings is 3. The van der Waals surface area contributed by atoms with Crippen molar-refractivity contribution >= 4 is 17.5 Å². The van der Waals surface area contributed by atoms with E-state index in [9.17, 15) is 9.59 Å². The van der Waals surface area contributed by atoms with E-state index in [-0.39, 0.29) is 11.8 Å². The summed E-state index contributed by atoms with van der Waals surface area (Å²) in [5.74, 6) is 0.452. The second-order valence-electron chi connectivity index (χ2n) is 8.35. The minimum Gasteiger partial charge on any atom is -0.493 e. The lowest BCUT2D eigenvalue weighted by molar-refractivity contribution is 0.0761. The summed E-state index contributed by atoms with van der Waals surface area (Å²) in [7, 11) is 0. The van der Waals surface area contributed by atoms with Gasteiger partial charge in [-0.15, -0.1) is 0 Å². The number of ether oxygens (including phenoxy) is 1. The van der Waals surface area contributed by atoms with Crippen molar-refractivity contribution in [3.63, 3.8) is 0 Å². The lowest BCUT2D eigenvalue weighted by Gasteiger charge is -2.20. The van der Waals surface area contributed by atoms with Gasteiger partial charge in [0.2, 0.25) is 0 Å². The molecular formula is C28H30N2O3. The third-order valence-corrected chi connectivity index (χ3v) is 5.86. The molecule has 0 aliphatic carbocycles. The molecule has 4 rings (SSSR count). The van der Waals surface area contributed by atoms with Crippen LogP contribution in [0.15, 0.2) is 78.9 Å². The highest BCUT2D eigenvalue weighted by atomic mass is 16.5. The molecule has 5 nitrogen and oxygen atoms in total. The van der Waals surface area contributed by atoms with Crippen molar-refractivity contribution in [2.24, 2.45) is 0 Å². The van der Waals surface area contributed by atoms with Crippen LogP contribution >= 0.6 is 0 Å². The van der Waals surface area contributed by atoms with Crippen molar-refractivity contribution in [1.82, 2.24) is 4.90 Å². The summed E-state index contributed by atoms with van der Waals surface area (Å²) >= 11 is 0. The summed E-state index contributed by atoms with van der Waals surface area (Å²) in [5.41, 5.74) is 2.93. The topological polar surface area (TPSA) is 58.6 Å². The number of hydrogen-bond acceptors (Lipinski definition) is 3. The minimum atomic E-state index is -0.233. The van der Waals surface area contributed by atoms with Gasteiger partial charge in [-0.25, -0.2) is 0 Å². The van der Waals surface area contributed by atoms with Crippen LogP contribution in [-0.4, -0.2) is 36.4 Å². The maximum atomic E-state index is 12.9. The maximum Gasteiger partial charge on any atom is 0.255 e. The normalized spacial score (nSPS) is 13.8. The molecule has 1 aliphatic heterocycles. The Morgan fingerprint density at radius 2 is 1.52 bits per heavy atom. The molecule has 0 atom stereocenters. The second-order valence-corrected chi connectivity index (χ2v) is 8.35. The van der Waals surface area contributed by atoms with Crippen LogP contribution in [0.1, 0.15) is 52.0 Å². The van der Waals surface area contributed by atoms with Crippen molar-refractivity contribution < 1.29 is 14.3 Å². The van der Waals surface area contributed by atoms with Gasteiger partial charge in [-0.1, -0.05) is 55.3 Å². The van der Waals surface area contributed by atoms with Crippen LogP contribution in [0.5, 0.6) is 5.75 Å². The first-order chi connectivity index (χ1) is 16.2. The zero-order chi connectivity index (χ0) is 22.9. The van der Waals surface area contributed by atoms with Gasteiger partial charge in [-0.05, 0) is 54.8 Å². The molecule has 1 fully saturated rings. The Morgan fingerprint density at radius 3 is 2.30 bits per heavy atom. The maximum absolute atomic E-state index is 12.9. The zero-order valence-corrected chi connectivity index (χ0v) is 18.8. The number of carbonyl (C=O) groups is 2. The Labute approximate surface area is 195 Å². The fourth-order valence-electron chi connectivity index (χ4n) is 4.05. The first-order valence-corrected chi connectivity index (χ1v) is 11.7. The van der Waals surface area contributed by atoms with E-state index in [0.717, 1.165) is 32.4 Å². The number of nitrogens with zero attached hydrogens (tertiary/aromatic N) is 1. The number of amides is 2. The van der Waals surface area contributed by atoms with E-state index in [0.29, 0.717) is 29.2 Å². The van der Waals surface area contributed by atoms with Gasteiger partial charge in [0, 0.05) is 36.3 Å². The Bertz CT molecular complexity index is 1070. The Kier molecular flexibility index (Phi) is 7.75. The quantitative estimate of drug-likeness (QED) is 0.520. The molecule has 0 bridgehead atoms. The minimum absolute atomic E-state index is 0.0295. The van der Waals surface area contributed by atoms with Crippen LogP contribution in [0, 0.1) is 0 Å². The summed E-state index contributed by atoms with van der Waals surface area (Å²) in [6, 6.07) is 24.5. The van der Waals surface area contributed by atoms with Gasteiger partial charge >= 0.3 is 0 Å². The molecular weight excluding hydrogens is 412 g/mol. The van der Waals surface area contributed by atoms with Gasteiger partial charge < -0.3 is 15.0 Å². The Balaban J connectivity index is 1.36. The highest BCUT2D eigenvalue weighted by Crippen LogP contribution is 2.19. The van der Waals surface area contributed by atoms with Crippen LogP contribution in [0.4, 0.5) is 5.69 Å². The van der Waals surface area contributed by atoms with Gasteiger partial charge in [-0.3, -0.25) is 9.59 Å². The predicted molar refractivity (Wildman–Crippen MR) is 131 cm³/mol. The number of likely N-dealkylation sites (tertiary alicyclic amines) is 1. The van der Waals surface area contributed by atoms with E-state index in [1.165, 1.54) is 18.4 Å². The third kappa shape index (κ3) is 6.45. The first kappa shape index (κ1) is 22.6. The highest BCUT2D eigenvalue weighted by molar-refractivity contribution is 6.05. The van der Waals surface area contributed by atoms with Crippen molar-refractivity contribution in [2.75, 3.05) is 25.0 Å². The van der Waals surface area contributed by atoms with Crippen LogP contribution in [0.3, 0.4) is 0 Å². The zero-order valence-electron chi connectivity index (χ0n) is 18.8. The summed E-state index contributed by atoms with van der Waals surface area (Å²) < 4.78 is 5.85. The molecule has 0 saturated carbocycles. The van der Waals surface area contributed by atoms with Gasteiger partial charge in [0.1, 0.15) is 5.75 Å². The van der Waals surface area contributed by atoms with Crippen molar-refractivity contribution in [2.45, 2.75) is 32.1 Å². The molecule has 2 amide bonds. The summed E-state index contributed by atoms with van der Waals surface area (Å²) in [6.07, 6.45) is 5.25. The summed E-state index contributed by atoms with van der Waals surface area (Å²) in [4.78, 5) is 27.7. The first-order valence-electron chi connectivity index (χ1n) is 11.7. The molecule has 1 saturated heterocycles. The highest BCUT2D eigenvalue weighted by Gasteiger charge is 2.18. The van der Waals surface area contributed by atoms with Crippen molar-refractivity contribution in [3.05, 3.63) is 95.6 Å². The number of carbonyl (C=O) groups excluding carboxylic acids is 2. The molecule has 0 aromatic heterocycles. The molecule has 0 spiro atoms. The van der Waals surface area contributed by atoms with Crippen molar-refractivity contribution in [1.29, 1.82) is 0 Å². The fourth-order valence-corrected chi connectivity index (χ4v) is 4.05. The van der Waals surface area contributed by atoms with Gasteiger partial charge in [-0.2, -0.15) is 0 Å². The van der Waals surface area contributed by atoms with Crippen molar-refractivity contribution in [3.8, 4) is 5.75 Å². The van der Waals surface area contributed by atoms with E-state index >= 15 is 0 Å². The molecule has 33 heavy (non-hydrogen) atoms. The molecule has 5 heteroatoms. The van der Waals surface area contributed by atoms with Gasteiger partial charge in [0.15, 0.2) is 0 Å². The smallest absolute Gasteiger partial charge is 0.255 e. The lowest BCUT2D eigenvalue weighted by Crippen LogP contribution is -2.31. The fraction of sp³-hybridized carbons (Fsp3) is 0.286. The monoisotopic (exact) mass is 442 g/mol. The molecule has 1 heterocycles. The molecule has 0 unspecified atom stereocenters. The number of rotatable bonds is 7. The molecule has 3 aromatic rings. The standard InChI is InChI=1S/C28H30N2O3/c31-27(23-12-9-15-26(21-23)33-19-16-22-10-4-3-5-11-22)29-25-14-8-13-24(20-25)28(32)30-17-6-1-2-7-18-30/h3-5,8-15,20-21H,1-2,6-7,16-19H2,(H,29,31). The summed E-state index contributed by atoms with van der Waals surface area (Å²) in [5, 5.41) is 2.91. The van der Waals surface area contributed by atoms with Crippen LogP contribution < -0.4 is 10.1 Å². The Morgan fingerprint density at radius 1 is 0.788 bits per heavy atom. The number of nitrogens with one attached hydrogen (secondary N) is 1. The molecule has 170 valence electrons. The van der Waals surface area contributed by atoms with E-state index in [4.69, 9.17) is 4.74 Å². The number of hydrogen-bond donors (Lipinski definition) is 1. The van der Waals surface area contributed by atoms with Crippen LogP contribution in [-0.2, 0) is 6.42 Å². The van der Waals surface area contributed by atoms with E-state index in [1.807, 2.05) is 47.4 Å². The molecule has 1 aliphatic rings. The van der Waals surface area contributed by atoms with Crippen LogP contribution in [0.25, 0.3) is 0 Å². The molecule has 1 N–H and O–H groups in total. The van der Waals surface area contributed by atoms with E-state index < -0.39 is 0 Å². The van der Waals surface area contributed by atoms with Gasteiger partial charge in [0.25, 0.3) is 11.8 Å². The summed E-state index contributed by atoms with van der Waals surface area (Å²) in [6.45, 7) is 2.13. The average molecular weight is 443 g/mol. The molecule has 0 radical (unpaired) electrons. The Hall–Kier alpha value is -3.60. The average Bonchev–Trinajstić information content (AvgIpc) is 3.14. The molecule has 3 aromatic carbocycles. The van der Waals surface area contributed by atoms with Gasteiger partial charge in [0.05, 0.1) is 6.61 Å². The largest absolute Gasteiger partial charge is 0.493 e.